The molecule has 0 bridgehead atoms. The SMILES string of the molecule is C#CCOc1c(/C=C2\SC(=S)N(c3ccc(Cl)c(Cl)c3)C2=O)cc(Br)cc1OC. The Morgan fingerprint density at radius 2 is 2.07 bits per heavy atom. The Morgan fingerprint density at radius 3 is 2.72 bits per heavy atom. The molecule has 29 heavy (non-hydrogen) atoms. The first-order chi connectivity index (χ1) is 13.8. The van der Waals surface area contributed by atoms with E-state index in [1.54, 1.807) is 36.4 Å². The van der Waals surface area contributed by atoms with E-state index in [4.69, 9.17) is 51.3 Å². The minimum atomic E-state index is -0.278. The zero-order chi connectivity index (χ0) is 21.1. The van der Waals surface area contributed by atoms with Crippen LogP contribution in [0.2, 0.25) is 10.0 Å². The van der Waals surface area contributed by atoms with E-state index in [1.165, 1.54) is 23.8 Å². The van der Waals surface area contributed by atoms with Crippen LogP contribution in [0.4, 0.5) is 5.69 Å². The third-order valence-corrected chi connectivity index (χ3v) is 6.31. The molecule has 9 heteroatoms. The van der Waals surface area contributed by atoms with Crippen LogP contribution < -0.4 is 14.4 Å². The zero-order valence-electron chi connectivity index (χ0n) is 14.9. The molecule has 3 rings (SSSR count). The highest BCUT2D eigenvalue weighted by molar-refractivity contribution is 9.10. The number of amides is 1. The summed E-state index contributed by atoms with van der Waals surface area (Å²) in [6.07, 6.45) is 7.00. The highest BCUT2D eigenvalue weighted by Crippen LogP contribution is 2.41. The number of nitrogens with zero attached hydrogens (tertiary/aromatic N) is 1. The number of thiocarbonyl (C=S) groups is 1. The van der Waals surface area contributed by atoms with Crippen molar-refractivity contribution in [2.24, 2.45) is 0 Å². The van der Waals surface area contributed by atoms with Crippen molar-refractivity contribution in [3.05, 3.63) is 55.3 Å². The Hall–Kier alpha value is -1.69. The lowest BCUT2D eigenvalue weighted by molar-refractivity contribution is -0.113. The van der Waals surface area contributed by atoms with Gasteiger partial charge in [-0.3, -0.25) is 9.69 Å². The summed E-state index contributed by atoms with van der Waals surface area (Å²) in [5, 5.41) is 0.733. The number of halogens is 3. The fraction of sp³-hybridized carbons (Fsp3) is 0.100. The number of terminal acetylenes is 1. The topological polar surface area (TPSA) is 38.8 Å². The lowest BCUT2D eigenvalue weighted by Crippen LogP contribution is -2.27. The summed E-state index contributed by atoms with van der Waals surface area (Å²) in [6, 6.07) is 8.46. The molecule has 0 N–H and O–H groups in total. The Labute approximate surface area is 196 Å². The maximum Gasteiger partial charge on any atom is 0.270 e. The monoisotopic (exact) mass is 527 g/mol. The van der Waals surface area contributed by atoms with Crippen LogP contribution in [0.5, 0.6) is 11.5 Å². The molecule has 1 amide bonds. The van der Waals surface area contributed by atoms with Gasteiger partial charge in [-0.1, -0.05) is 69.0 Å². The lowest BCUT2D eigenvalue weighted by Gasteiger charge is -2.15. The molecule has 2 aromatic rings. The van der Waals surface area contributed by atoms with Crippen molar-refractivity contribution in [3.8, 4) is 23.8 Å². The third-order valence-electron chi connectivity index (χ3n) is 3.81. The first kappa shape index (κ1) is 22.0. The van der Waals surface area contributed by atoms with Crippen molar-refractivity contribution in [1.29, 1.82) is 0 Å². The van der Waals surface area contributed by atoms with Gasteiger partial charge in [-0.25, -0.2) is 0 Å². The van der Waals surface area contributed by atoms with Crippen molar-refractivity contribution in [1.82, 2.24) is 0 Å². The number of benzene rings is 2. The van der Waals surface area contributed by atoms with Gasteiger partial charge in [-0.2, -0.15) is 0 Å². The van der Waals surface area contributed by atoms with Crippen LogP contribution in [-0.2, 0) is 4.79 Å². The van der Waals surface area contributed by atoms with E-state index in [9.17, 15) is 4.79 Å². The second kappa shape index (κ2) is 9.41. The Balaban J connectivity index is 2.02. The molecule has 148 valence electrons. The summed E-state index contributed by atoms with van der Waals surface area (Å²) >= 11 is 22.1. The lowest BCUT2D eigenvalue weighted by atomic mass is 10.1. The fourth-order valence-electron chi connectivity index (χ4n) is 2.57. The van der Waals surface area contributed by atoms with E-state index in [1.807, 2.05) is 0 Å². The van der Waals surface area contributed by atoms with Crippen LogP contribution in [0.3, 0.4) is 0 Å². The van der Waals surface area contributed by atoms with Crippen molar-refractivity contribution in [2.75, 3.05) is 18.6 Å². The van der Waals surface area contributed by atoms with Gasteiger partial charge in [0.25, 0.3) is 5.91 Å². The molecule has 1 aliphatic heterocycles. The van der Waals surface area contributed by atoms with Gasteiger partial charge in [0.05, 0.1) is 27.7 Å². The number of methoxy groups -OCH3 is 1. The molecule has 0 saturated carbocycles. The second-order valence-corrected chi connectivity index (χ2v) is 9.04. The summed E-state index contributed by atoms with van der Waals surface area (Å²) in [4.78, 5) is 14.9. The molecule has 0 aromatic heterocycles. The standard InChI is InChI=1S/C20H12BrCl2NO3S2/c1-3-6-27-18-11(7-12(21)9-16(18)26-2)8-17-19(25)24(20(28)29-17)13-4-5-14(22)15(23)10-13/h1,4-5,7-10H,6H2,2H3/b17-8-. The molecule has 0 aliphatic carbocycles. The van der Waals surface area contributed by atoms with Crippen LogP contribution >= 0.6 is 63.1 Å². The molecule has 1 saturated heterocycles. The van der Waals surface area contributed by atoms with Crippen LogP contribution in [0.15, 0.2) is 39.7 Å². The minimum Gasteiger partial charge on any atom is -0.493 e. The van der Waals surface area contributed by atoms with Gasteiger partial charge in [0.2, 0.25) is 0 Å². The molecule has 0 unspecified atom stereocenters. The van der Waals surface area contributed by atoms with Gasteiger partial charge < -0.3 is 9.47 Å². The van der Waals surface area contributed by atoms with Crippen molar-refractivity contribution in [3.63, 3.8) is 0 Å². The Morgan fingerprint density at radius 1 is 1.31 bits per heavy atom. The van der Waals surface area contributed by atoms with Crippen molar-refractivity contribution in [2.45, 2.75) is 0 Å². The van der Waals surface area contributed by atoms with E-state index in [0.717, 1.165) is 4.47 Å². The molecule has 4 nitrogen and oxygen atoms in total. The highest BCUT2D eigenvalue weighted by atomic mass is 79.9. The molecule has 1 heterocycles. The van der Waals surface area contributed by atoms with Crippen LogP contribution in [-0.4, -0.2) is 23.9 Å². The molecule has 1 aliphatic rings. The average Bonchev–Trinajstić information content (AvgIpc) is 2.96. The largest absolute Gasteiger partial charge is 0.493 e. The van der Waals surface area contributed by atoms with Gasteiger partial charge in [0, 0.05) is 10.0 Å². The number of carbonyl (C=O) groups is 1. The number of rotatable bonds is 5. The van der Waals surface area contributed by atoms with Crippen molar-refractivity contribution < 1.29 is 14.3 Å². The van der Waals surface area contributed by atoms with Gasteiger partial charge in [0.15, 0.2) is 15.8 Å². The summed E-state index contributed by atoms with van der Waals surface area (Å²) in [7, 11) is 1.53. The molecule has 2 aromatic carbocycles. The minimum absolute atomic E-state index is 0.0586. The zero-order valence-corrected chi connectivity index (χ0v) is 19.6. The van der Waals surface area contributed by atoms with Crippen LogP contribution in [0, 0.1) is 12.3 Å². The summed E-state index contributed by atoms with van der Waals surface area (Å²) in [5.41, 5.74) is 1.17. The second-order valence-electron chi connectivity index (χ2n) is 5.63. The average molecular weight is 529 g/mol. The first-order valence-electron chi connectivity index (χ1n) is 8.02. The molecular formula is C20H12BrCl2NO3S2. The predicted molar refractivity (Wildman–Crippen MR) is 127 cm³/mol. The van der Waals surface area contributed by atoms with Gasteiger partial charge in [-0.05, 0) is 36.4 Å². The molecule has 0 spiro atoms. The summed E-state index contributed by atoms with van der Waals surface area (Å²) < 4.78 is 12.2. The van der Waals surface area contributed by atoms with E-state index >= 15 is 0 Å². The molecule has 0 radical (unpaired) electrons. The number of thioether (sulfide) groups is 1. The quantitative estimate of drug-likeness (QED) is 0.263. The van der Waals surface area contributed by atoms with Crippen LogP contribution in [0.1, 0.15) is 5.56 Å². The summed E-state index contributed by atoms with van der Waals surface area (Å²) in [6.45, 7) is 0.0586. The number of carbonyl (C=O) groups excluding carboxylic acids is 1. The van der Waals surface area contributed by atoms with Crippen molar-refractivity contribution >= 4 is 85.1 Å². The van der Waals surface area contributed by atoms with E-state index in [2.05, 4.69) is 21.9 Å². The number of hydrogen-bond donors (Lipinski definition) is 0. The number of hydrogen-bond acceptors (Lipinski definition) is 5. The third kappa shape index (κ3) is 4.73. The van der Waals surface area contributed by atoms with Gasteiger partial charge in [-0.15, -0.1) is 6.42 Å². The maximum absolute atomic E-state index is 13.0. The molecular weight excluding hydrogens is 517 g/mol. The molecule has 1 fully saturated rings. The van der Waals surface area contributed by atoms with E-state index in [0.29, 0.717) is 42.0 Å². The normalized spacial score (nSPS) is 15.0. The van der Waals surface area contributed by atoms with E-state index < -0.39 is 0 Å². The predicted octanol–water partition coefficient (Wildman–Crippen LogP) is 6.18. The van der Waals surface area contributed by atoms with Gasteiger partial charge >= 0.3 is 0 Å². The number of ether oxygens (including phenoxy) is 2. The molecule has 0 atom stereocenters. The Kier molecular flexibility index (Phi) is 7.14. The highest BCUT2D eigenvalue weighted by Gasteiger charge is 2.34. The van der Waals surface area contributed by atoms with Crippen LogP contribution in [0.25, 0.3) is 6.08 Å². The number of anilines is 1. The first-order valence-corrected chi connectivity index (χ1v) is 10.8. The van der Waals surface area contributed by atoms with Gasteiger partial charge in [0.1, 0.15) is 6.61 Å². The summed E-state index contributed by atoms with van der Waals surface area (Å²) in [5.74, 6) is 3.07. The van der Waals surface area contributed by atoms with E-state index in [-0.39, 0.29) is 12.5 Å². The Bertz CT molecular complexity index is 1080. The smallest absolute Gasteiger partial charge is 0.270 e. The maximum atomic E-state index is 13.0. The fourth-order valence-corrected chi connectivity index (χ4v) is 4.61.